The topological polar surface area (TPSA) is 38.3 Å². The van der Waals surface area contributed by atoms with Crippen LogP contribution in [-0.4, -0.2) is 24.7 Å². The standard InChI is InChI=1S/C14H14F3NO2/c15-14(16,17)13(19)18-11-2-1-8-5-9-3-4-20-12(9)7-10(8)6-11/h5,7,11H,1-4,6H2,(H,18,19). The minimum atomic E-state index is -4.82. The van der Waals surface area contributed by atoms with Crippen molar-refractivity contribution in [1.82, 2.24) is 5.32 Å². The van der Waals surface area contributed by atoms with Crippen LogP contribution in [-0.2, 0) is 24.1 Å². The number of ether oxygens (including phenoxy) is 1. The summed E-state index contributed by atoms with van der Waals surface area (Å²) in [5.74, 6) is -1.03. The van der Waals surface area contributed by atoms with E-state index in [-0.39, 0.29) is 0 Å². The molecule has 0 bridgehead atoms. The normalized spacial score (nSPS) is 20.9. The highest BCUT2D eigenvalue weighted by Crippen LogP contribution is 2.32. The van der Waals surface area contributed by atoms with Crippen LogP contribution in [0.5, 0.6) is 5.75 Å². The first kappa shape index (κ1) is 13.3. The molecule has 0 fully saturated rings. The van der Waals surface area contributed by atoms with Crippen molar-refractivity contribution in [3.8, 4) is 5.75 Å². The smallest absolute Gasteiger partial charge is 0.471 e. The van der Waals surface area contributed by atoms with E-state index in [1.54, 1.807) is 0 Å². The van der Waals surface area contributed by atoms with Crippen molar-refractivity contribution in [2.24, 2.45) is 0 Å². The number of nitrogens with one attached hydrogen (secondary N) is 1. The molecule has 1 aromatic rings. The quantitative estimate of drug-likeness (QED) is 0.858. The summed E-state index contributed by atoms with van der Waals surface area (Å²) in [7, 11) is 0. The Labute approximate surface area is 114 Å². The third-order valence-electron chi connectivity index (χ3n) is 3.83. The van der Waals surface area contributed by atoms with Gasteiger partial charge in [-0.3, -0.25) is 4.79 Å². The molecule has 6 heteroatoms. The zero-order valence-electron chi connectivity index (χ0n) is 10.7. The van der Waals surface area contributed by atoms with E-state index in [4.69, 9.17) is 4.74 Å². The lowest BCUT2D eigenvalue weighted by Crippen LogP contribution is -2.45. The number of hydrogen-bond acceptors (Lipinski definition) is 2. The van der Waals surface area contributed by atoms with E-state index in [2.05, 4.69) is 11.4 Å². The average Bonchev–Trinajstić information content (AvgIpc) is 2.81. The zero-order chi connectivity index (χ0) is 14.3. The summed E-state index contributed by atoms with van der Waals surface area (Å²) in [6.45, 7) is 0.659. The van der Waals surface area contributed by atoms with Crippen molar-refractivity contribution in [3.05, 3.63) is 28.8 Å². The first-order chi connectivity index (χ1) is 9.43. The molecule has 20 heavy (non-hydrogen) atoms. The maximum Gasteiger partial charge on any atom is 0.471 e. The van der Waals surface area contributed by atoms with Crippen LogP contribution in [0.3, 0.4) is 0 Å². The second-order valence-corrected chi connectivity index (χ2v) is 5.24. The lowest BCUT2D eigenvalue weighted by molar-refractivity contribution is -0.174. The van der Waals surface area contributed by atoms with Crippen molar-refractivity contribution in [3.63, 3.8) is 0 Å². The number of benzene rings is 1. The number of fused-ring (bicyclic) bond motifs is 2. The summed E-state index contributed by atoms with van der Waals surface area (Å²) in [4.78, 5) is 11.0. The van der Waals surface area contributed by atoms with Gasteiger partial charge in [0.25, 0.3) is 0 Å². The fourth-order valence-corrected chi connectivity index (χ4v) is 2.83. The second-order valence-electron chi connectivity index (χ2n) is 5.24. The maximum atomic E-state index is 12.2. The van der Waals surface area contributed by atoms with Crippen LogP contribution in [0.4, 0.5) is 13.2 Å². The van der Waals surface area contributed by atoms with Crippen LogP contribution in [0, 0.1) is 0 Å². The Morgan fingerprint density at radius 1 is 1.20 bits per heavy atom. The molecule has 3 rings (SSSR count). The number of carbonyl (C=O) groups excluding carboxylic acids is 1. The van der Waals surface area contributed by atoms with Gasteiger partial charge in [-0.15, -0.1) is 0 Å². The zero-order valence-corrected chi connectivity index (χ0v) is 10.7. The van der Waals surface area contributed by atoms with Gasteiger partial charge in [0.2, 0.25) is 0 Å². The molecule has 2 aliphatic rings. The Kier molecular flexibility index (Phi) is 3.11. The molecule has 1 aliphatic heterocycles. The number of hydrogen-bond donors (Lipinski definition) is 1. The summed E-state index contributed by atoms with van der Waals surface area (Å²) in [6, 6.07) is 3.53. The van der Waals surface area contributed by atoms with Crippen molar-refractivity contribution in [2.75, 3.05) is 6.61 Å². The summed E-state index contributed by atoms with van der Waals surface area (Å²) < 4.78 is 42.2. The van der Waals surface area contributed by atoms with Crippen molar-refractivity contribution < 1.29 is 22.7 Å². The van der Waals surface area contributed by atoms with Gasteiger partial charge in [-0.05, 0) is 42.0 Å². The number of carbonyl (C=O) groups is 1. The molecule has 1 heterocycles. The molecule has 0 saturated heterocycles. The van der Waals surface area contributed by atoms with Gasteiger partial charge in [-0.2, -0.15) is 13.2 Å². The first-order valence-electron chi connectivity index (χ1n) is 6.58. The molecule has 0 saturated carbocycles. The molecular weight excluding hydrogens is 271 g/mol. The third kappa shape index (κ3) is 2.46. The number of amides is 1. The van der Waals surface area contributed by atoms with Crippen LogP contribution in [0.15, 0.2) is 12.1 Å². The molecule has 1 amide bonds. The van der Waals surface area contributed by atoms with E-state index < -0.39 is 18.1 Å². The summed E-state index contributed by atoms with van der Waals surface area (Å²) in [5, 5.41) is 2.06. The molecule has 1 aromatic carbocycles. The molecule has 108 valence electrons. The number of alkyl halides is 3. The molecule has 1 N–H and O–H groups in total. The third-order valence-corrected chi connectivity index (χ3v) is 3.83. The van der Waals surface area contributed by atoms with Crippen LogP contribution < -0.4 is 10.1 Å². The molecule has 1 aliphatic carbocycles. The van der Waals surface area contributed by atoms with Gasteiger partial charge in [0.15, 0.2) is 0 Å². The molecule has 0 radical (unpaired) electrons. The number of halogens is 3. The van der Waals surface area contributed by atoms with Gasteiger partial charge >= 0.3 is 12.1 Å². The van der Waals surface area contributed by atoms with Gasteiger partial charge in [-0.25, -0.2) is 0 Å². The van der Waals surface area contributed by atoms with Crippen molar-refractivity contribution in [2.45, 2.75) is 37.9 Å². The van der Waals surface area contributed by atoms with E-state index in [9.17, 15) is 18.0 Å². The van der Waals surface area contributed by atoms with Gasteiger partial charge in [0.1, 0.15) is 5.75 Å². The van der Waals surface area contributed by atoms with E-state index >= 15 is 0 Å². The SMILES string of the molecule is O=C(NC1CCc2cc3c(cc2C1)OCC3)C(F)(F)F. The van der Waals surface area contributed by atoms with E-state index in [1.807, 2.05) is 6.07 Å². The minimum absolute atomic E-state index is 0.424. The summed E-state index contributed by atoms with van der Waals surface area (Å²) in [5.41, 5.74) is 3.30. The first-order valence-corrected chi connectivity index (χ1v) is 6.58. The number of aryl methyl sites for hydroxylation is 1. The number of rotatable bonds is 1. The molecule has 3 nitrogen and oxygen atoms in total. The lowest BCUT2D eigenvalue weighted by Gasteiger charge is -2.26. The summed E-state index contributed by atoms with van der Waals surface area (Å²) >= 11 is 0. The molecule has 1 atom stereocenters. The van der Waals surface area contributed by atoms with E-state index in [0.717, 1.165) is 23.3 Å². The minimum Gasteiger partial charge on any atom is -0.493 e. The largest absolute Gasteiger partial charge is 0.493 e. The monoisotopic (exact) mass is 285 g/mol. The van der Waals surface area contributed by atoms with Gasteiger partial charge < -0.3 is 10.1 Å². The van der Waals surface area contributed by atoms with E-state index in [0.29, 0.717) is 25.9 Å². The predicted octanol–water partition coefficient (Wildman–Crippen LogP) is 2.16. The predicted molar refractivity (Wildman–Crippen MR) is 65.7 cm³/mol. The van der Waals surface area contributed by atoms with Crippen molar-refractivity contribution >= 4 is 5.91 Å². The van der Waals surface area contributed by atoms with Crippen molar-refractivity contribution in [1.29, 1.82) is 0 Å². The van der Waals surface area contributed by atoms with Crippen LogP contribution in [0.25, 0.3) is 0 Å². The lowest BCUT2D eigenvalue weighted by atomic mass is 9.86. The average molecular weight is 285 g/mol. The Morgan fingerprint density at radius 3 is 2.75 bits per heavy atom. The fourth-order valence-electron chi connectivity index (χ4n) is 2.83. The Hall–Kier alpha value is -1.72. The van der Waals surface area contributed by atoms with Crippen LogP contribution in [0.2, 0.25) is 0 Å². The fraction of sp³-hybridized carbons (Fsp3) is 0.500. The molecule has 0 spiro atoms. The molecular formula is C14H14F3NO2. The molecule has 0 aromatic heterocycles. The molecule has 1 unspecified atom stereocenters. The Morgan fingerprint density at radius 2 is 2.00 bits per heavy atom. The van der Waals surface area contributed by atoms with Gasteiger partial charge in [0, 0.05) is 12.5 Å². The highest BCUT2D eigenvalue weighted by atomic mass is 19.4. The highest BCUT2D eigenvalue weighted by molar-refractivity contribution is 5.82. The van der Waals surface area contributed by atoms with E-state index in [1.165, 1.54) is 5.56 Å². The highest BCUT2D eigenvalue weighted by Gasteiger charge is 2.40. The van der Waals surface area contributed by atoms with Gasteiger partial charge in [-0.1, -0.05) is 6.07 Å². The van der Waals surface area contributed by atoms with Crippen LogP contribution in [0.1, 0.15) is 23.1 Å². The Bertz CT molecular complexity index is 554. The Balaban J connectivity index is 1.74. The van der Waals surface area contributed by atoms with Crippen LogP contribution >= 0.6 is 0 Å². The second kappa shape index (κ2) is 4.68. The maximum absolute atomic E-state index is 12.2. The summed E-state index contributed by atoms with van der Waals surface area (Å²) in [6.07, 6.45) is -2.29. The van der Waals surface area contributed by atoms with Gasteiger partial charge in [0.05, 0.1) is 6.61 Å².